The Morgan fingerprint density at radius 3 is 2.35 bits per heavy atom. The van der Waals surface area contributed by atoms with Crippen LogP contribution in [0.4, 0.5) is 10.1 Å². The smallest absolute Gasteiger partial charge is 0.163 e. The number of rotatable bonds is 9. The van der Waals surface area contributed by atoms with Gasteiger partial charge in [0.15, 0.2) is 11.5 Å². The van der Waals surface area contributed by atoms with E-state index >= 15 is 0 Å². The summed E-state index contributed by atoms with van der Waals surface area (Å²) in [5.41, 5.74) is 1.82. The van der Waals surface area contributed by atoms with Crippen molar-refractivity contribution in [2.75, 3.05) is 18.5 Å². The fourth-order valence-corrected chi connectivity index (χ4v) is 2.13. The van der Waals surface area contributed by atoms with Crippen molar-refractivity contribution in [1.29, 1.82) is 0 Å². The van der Waals surface area contributed by atoms with Gasteiger partial charge >= 0.3 is 0 Å². The number of halogens is 1. The minimum atomic E-state index is -0.223. The first-order valence-electron chi connectivity index (χ1n) is 8.11. The van der Waals surface area contributed by atoms with Crippen LogP contribution < -0.4 is 14.8 Å². The van der Waals surface area contributed by atoms with Gasteiger partial charge in [0.05, 0.1) is 13.2 Å². The number of hydrogen-bond acceptors (Lipinski definition) is 3. The number of ether oxygens (including phenoxy) is 2. The highest BCUT2D eigenvalue weighted by atomic mass is 19.1. The van der Waals surface area contributed by atoms with E-state index in [-0.39, 0.29) is 5.82 Å². The molecular weight excluding hydrogens is 293 g/mol. The largest absolute Gasteiger partial charge is 0.490 e. The molecule has 0 saturated heterocycles. The molecule has 0 bridgehead atoms. The van der Waals surface area contributed by atoms with Gasteiger partial charge in [0.1, 0.15) is 5.82 Å². The summed E-state index contributed by atoms with van der Waals surface area (Å²) in [5.74, 6) is 1.28. The molecule has 0 aliphatic rings. The maximum atomic E-state index is 13.2. The molecule has 0 radical (unpaired) electrons. The molecule has 0 fully saturated rings. The zero-order valence-corrected chi connectivity index (χ0v) is 13.8. The Labute approximate surface area is 137 Å². The topological polar surface area (TPSA) is 30.5 Å². The Kier molecular flexibility index (Phi) is 6.73. The zero-order chi connectivity index (χ0) is 16.5. The molecule has 4 heteroatoms. The van der Waals surface area contributed by atoms with E-state index in [1.807, 2.05) is 24.3 Å². The summed E-state index contributed by atoms with van der Waals surface area (Å²) in [4.78, 5) is 0. The Morgan fingerprint density at radius 2 is 1.65 bits per heavy atom. The first-order valence-corrected chi connectivity index (χ1v) is 8.11. The van der Waals surface area contributed by atoms with Gasteiger partial charge in [0.25, 0.3) is 0 Å². The van der Waals surface area contributed by atoms with Gasteiger partial charge in [-0.1, -0.05) is 26.0 Å². The average molecular weight is 317 g/mol. The first kappa shape index (κ1) is 17.1. The van der Waals surface area contributed by atoms with Gasteiger partial charge in [-0.2, -0.15) is 0 Å². The number of nitrogens with one attached hydrogen (secondary N) is 1. The van der Waals surface area contributed by atoms with E-state index in [9.17, 15) is 4.39 Å². The van der Waals surface area contributed by atoms with Crippen LogP contribution in [0.2, 0.25) is 0 Å². The number of hydrogen-bond donors (Lipinski definition) is 1. The van der Waals surface area contributed by atoms with Crippen molar-refractivity contribution in [2.24, 2.45) is 0 Å². The third-order valence-electron chi connectivity index (χ3n) is 3.25. The predicted octanol–water partition coefficient (Wildman–Crippen LogP) is 5.02. The van der Waals surface area contributed by atoms with Crippen molar-refractivity contribution in [3.05, 3.63) is 53.8 Å². The van der Waals surface area contributed by atoms with E-state index in [0.29, 0.717) is 19.8 Å². The molecule has 0 aliphatic heterocycles. The molecule has 1 N–H and O–H groups in total. The van der Waals surface area contributed by atoms with Crippen molar-refractivity contribution in [3.63, 3.8) is 0 Å². The standard InChI is InChI=1S/C19H24FNO2/c1-3-10-22-18-9-8-17(13-19(18)23-11-4-2)21-14-15-6-5-7-16(20)12-15/h5-9,12-13,21H,3-4,10-11,14H2,1-2H3. The fraction of sp³-hybridized carbons (Fsp3) is 0.368. The van der Waals surface area contributed by atoms with Crippen LogP contribution in [0.15, 0.2) is 42.5 Å². The maximum absolute atomic E-state index is 13.2. The van der Waals surface area contributed by atoms with Crippen LogP contribution in [0.3, 0.4) is 0 Å². The number of anilines is 1. The van der Waals surface area contributed by atoms with Gasteiger partial charge in [-0.25, -0.2) is 4.39 Å². The highest BCUT2D eigenvalue weighted by molar-refractivity contribution is 5.55. The molecule has 2 aromatic rings. The Morgan fingerprint density at radius 1 is 0.913 bits per heavy atom. The second-order valence-corrected chi connectivity index (χ2v) is 5.34. The molecule has 23 heavy (non-hydrogen) atoms. The Hall–Kier alpha value is -2.23. The van der Waals surface area contributed by atoms with Gasteiger partial charge in [-0.15, -0.1) is 0 Å². The summed E-state index contributed by atoms with van der Waals surface area (Å²) in [6, 6.07) is 12.4. The van der Waals surface area contributed by atoms with Crippen molar-refractivity contribution < 1.29 is 13.9 Å². The lowest BCUT2D eigenvalue weighted by molar-refractivity contribution is 0.268. The van der Waals surface area contributed by atoms with Crippen molar-refractivity contribution in [3.8, 4) is 11.5 Å². The zero-order valence-electron chi connectivity index (χ0n) is 13.8. The Bertz CT molecular complexity index is 616. The molecule has 0 unspecified atom stereocenters. The summed E-state index contributed by atoms with van der Waals surface area (Å²) in [6.45, 7) is 6.01. The van der Waals surface area contributed by atoms with E-state index < -0.39 is 0 Å². The van der Waals surface area contributed by atoms with Crippen LogP contribution in [-0.4, -0.2) is 13.2 Å². The Balaban J connectivity index is 2.06. The summed E-state index contributed by atoms with van der Waals surface area (Å²) < 4.78 is 24.7. The average Bonchev–Trinajstić information content (AvgIpc) is 2.57. The molecule has 0 amide bonds. The lowest BCUT2D eigenvalue weighted by atomic mass is 10.2. The molecule has 0 aliphatic carbocycles. The molecule has 0 spiro atoms. The van der Waals surface area contributed by atoms with Crippen LogP contribution in [0, 0.1) is 5.82 Å². The highest BCUT2D eigenvalue weighted by Crippen LogP contribution is 2.31. The van der Waals surface area contributed by atoms with E-state index in [1.54, 1.807) is 6.07 Å². The predicted molar refractivity (Wildman–Crippen MR) is 91.7 cm³/mol. The van der Waals surface area contributed by atoms with Gasteiger partial charge < -0.3 is 14.8 Å². The minimum absolute atomic E-state index is 0.223. The molecular formula is C19H24FNO2. The third kappa shape index (κ3) is 5.47. The summed E-state index contributed by atoms with van der Waals surface area (Å²) in [6.07, 6.45) is 1.89. The third-order valence-corrected chi connectivity index (χ3v) is 3.25. The van der Waals surface area contributed by atoms with Crippen molar-refractivity contribution in [1.82, 2.24) is 0 Å². The van der Waals surface area contributed by atoms with E-state index in [0.717, 1.165) is 35.6 Å². The lowest BCUT2D eigenvalue weighted by Gasteiger charge is -2.14. The highest BCUT2D eigenvalue weighted by Gasteiger charge is 2.07. The molecule has 0 atom stereocenters. The van der Waals surface area contributed by atoms with Crippen LogP contribution in [0.25, 0.3) is 0 Å². The molecule has 3 nitrogen and oxygen atoms in total. The molecule has 0 aromatic heterocycles. The van der Waals surface area contributed by atoms with Crippen LogP contribution in [0.5, 0.6) is 11.5 Å². The van der Waals surface area contributed by atoms with Gasteiger partial charge in [-0.3, -0.25) is 0 Å². The lowest BCUT2D eigenvalue weighted by Crippen LogP contribution is -2.03. The summed E-state index contributed by atoms with van der Waals surface area (Å²) in [7, 11) is 0. The molecule has 2 aromatic carbocycles. The fourth-order valence-electron chi connectivity index (χ4n) is 2.13. The normalized spacial score (nSPS) is 10.4. The van der Waals surface area contributed by atoms with Gasteiger partial charge in [-0.05, 0) is 42.7 Å². The van der Waals surface area contributed by atoms with Crippen LogP contribution in [-0.2, 0) is 6.54 Å². The van der Waals surface area contributed by atoms with Crippen molar-refractivity contribution in [2.45, 2.75) is 33.2 Å². The number of benzene rings is 2. The molecule has 0 heterocycles. The van der Waals surface area contributed by atoms with Gasteiger partial charge in [0, 0.05) is 18.3 Å². The van der Waals surface area contributed by atoms with E-state index in [1.165, 1.54) is 12.1 Å². The molecule has 124 valence electrons. The quantitative estimate of drug-likeness (QED) is 0.705. The van der Waals surface area contributed by atoms with Crippen LogP contribution >= 0.6 is 0 Å². The second-order valence-electron chi connectivity index (χ2n) is 5.34. The van der Waals surface area contributed by atoms with E-state index in [2.05, 4.69) is 19.2 Å². The monoisotopic (exact) mass is 317 g/mol. The van der Waals surface area contributed by atoms with Crippen molar-refractivity contribution >= 4 is 5.69 Å². The maximum Gasteiger partial charge on any atom is 0.163 e. The van der Waals surface area contributed by atoms with Gasteiger partial charge in [0.2, 0.25) is 0 Å². The minimum Gasteiger partial charge on any atom is -0.490 e. The summed E-state index contributed by atoms with van der Waals surface area (Å²) >= 11 is 0. The SMILES string of the molecule is CCCOc1ccc(NCc2cccc(F)c2)cc1OCCC. The van der Waals surface area contributed by atoms with E-state index in [4.69, 9.17) is 9.47 Å². The summed E-state index contributed by atoms with van der Waals surface area (Å²) in [5, 5.41) is 3.29. The first-order chi connectivity index (χ1) is 11.2. The molecule has 2 rings (SSSR count). The van der Waals surface area contributed by atoms with Crippen LogP contribution in [0.1, 0.15) is 32.3 Å². The molecule has 0 saturated carbocycles. The second kappa shape index (κ2) is 9.03.